The SMILES string of the molecule is N#CC[C@@H](CNc1ncc(C(F)(F)F)cc1Cl)OC(=O)c1ccc(Cl)cc1Cl. The lowest BCUT2D eigenvalue weighted by atomic mass is 10.2. The number of benzene rings is 1. The van der Waals surface area contributed by atoms with Gasteiger partial charge in [0.1, 0.15) is 11.9 Å². The molecule has 0 aliphatic rings. The van der Waals surface area contributed by atoms with Gasteiger partial charge in [-0.3, -0.25) is 0 Å². The van der Waals surface area contributed by atoms with E-state index in [1.54, 1.807) is 0 Å². The van der Waals surface area contributed by atoms with E-state index in [1.165, 1.54) is 18.2 Å². The quantitative estimate of drug-likeness (QED) is 0.577. The number of esters is 1. The molecule has 2 rings (SSSR count). The van der Waals surface area contributed by atoms with Crippen LogP contribution in [-0.2, 0) is 10.9 Å². The molecule has 2 aromatic rings. The predicted octanol–water partition coefficient (Wildman–Crippen LogP) is 5.61. The highest BCUT2D eigenvalue weighted by atomic mass is 35.5. The summed E-state index contributed by atoms with van der Waals surface area (Å²) in [6.45, 7) is -0.109. The number of carbonyl (C=O) groups is 1. The minimum absolute atomic E-state index is 0.0434. The number of nitrogens with zero attached hydrogens (tertiary/aromatic N) is 2. The van der Waals surface area contributed by atoms with Crippen LogP contribution in [0.1, 0.15) is 22.3 Å². The Morgan fingerprint density at radius 1 is 1.25 bits per heavy atom. The number of carbonyl (C=O) groups excluding carboxylic acids is 1. The van der Waals surface area contributed by atoms with Gasteiger partial charge in [0.2, 0.25) is 0 Å². The molecule has 1 aromatic heterocycles. The fourth-order valence-corrected chi connectivity index (χ4v) is 2.78. The van der Waals surface area contributed by atoms with Crippen LogP contribution >= 0.6 is 34.8 Å². The molecule has 0 spiro atoms. The number of aromatic nitrogens is 1. The Morgan fingerprint density at radius 3 is 2.54 bits per heavy atom. The van der Waals surface area contributed by atoms with Gasteiger partial charge in [0.15, 0.2) is 0 Å². The van der Waals surface area contributed by atoms with Crippen LogP contribution in [0, 0.1) is 11.3 Å². The minimum atomic E-state index is -4.58. The molecule has 0 amide bonds. The van der Waals surface area contributed by atoms with Crippen molar-refractivity contribution in [3.05, 3.63) is 56.7 Å². The van der Waals surface area contributed by atoms with E-state index < -0.39 is 23.8 Å². The highest BCUT2D eigenvalue weighted by molar-refractivity contribution is 6.36. The summed E-state index contributed by atoms with van der Waals surface area (Å²) in [6.07, 6.45) is -5.06. The number of halogens is 6. The predicted molar refractivity (Wildman–Crippen MR) is 98.6 cm³/mol. The van der Waals surface area contributed by atoms with Crippen LogP contribution in [0.3, 0.4) is 0 Å². The first kappa shape index (κ1) is 22.1. The Hall–Kier alpha value is -2.21. The third kappa shape index (κ3) is 5.89. The molecule has 0 fully saturated rings. The van der Waals surface area contributed by atoms with Gasteiger partial charge in [-0.2, -0.15) is 18.4 Å². The molecule has 0 radical (unpaired) electrons. The maximum Gasteiger partial charge on any atom is 0.417 e. The van der Waals surface area contributed by atoms with Crippen LogP contribution in [0.4, 0.5) is 19.0 Å². The third-order valence-corrected chi connectivity index (χ3v) is 4.25. The van der Waals surface area contributed by atoms with Crippen molar-refractivity contribution in [2.75, 3.05) is 11.9 Å². The largest absolute Gasteiger partial charge is 0.456 e. The van der Waals surface area contributed by atoms with E-state index in [2.05, 4.69) is 10.3 Å². The average Bonchev–Trinajstić information content (AvgIpc) is 2.59. The van der Waals surface area contributed by atoms with E-state index in [0.717, 1.165) is 6.07 Å². The van der Waals surface area contributed by atoms with Crippen LogP contribution in [0.2, 0.25) is 15.1 Å². The number of nitrogens with one attached hydrogen (secondary N) is 1. The summed E-state index contributed by atoms with van der Waals surface area (Å²) in [5.41, 5.74) is -0.944. The van der Waals surface area contributed by atoms with E-state index in [-0.39, 0.29) is 34.4 Å². The Bertz CT molecular complexity index is 917. The molecule has 1 aromatic carbocycles. The van der Waals surface area contributed by atoms with E-state index in [4.69, 9.17) is 44.8 Å². The zero-order valence-electron chi connectivity index (χ0n) is 13.9. The molecule has 11 heteroatoms. The maximum atomic E-state index is 12.6. The summed E-state index contributed by atoms with van der Waals surface area (Å²) in [6, 6.07) is 6.76. The summed E-state index contributed by atoms with van der Waals surface area (Å²) in [5, 5.41) is 11.7. The van der Waals surface area contributed by atoms with Crippen LogP contribution in [-0.4, -0.2) is 23.6 Å². The monoisotopic (exact) mass is 451 g/mol. The number of ether oxygens (including phenoxy) is 1. The number of anilines is 1. The van der Waals surface area contributed by atoms with Crippen LogP contribution < -0.4 is 5.32 Å². The fourth-order valence-electron chi connectivity index (χ4n) is 2.06. The number of hydrogen-bond acceptors (Lipinski definition) is 5. The molecule has 148 valence electrons. The number of hydrogen-bond donors (Lipinski definition) is 1. The number of alkyl halides is 3. The lowest BCUT2D eigenvalue weighted by Crippen LogP contribution is -2.26. The summed E-state index contributed by atoms with van der Waals surface area (Å²) >= 11 is 17.5. The highest BCUT2D eigenvalue weighted by Gasteiger charge is 2.31. The lowest BCUT2D eigenvalue weighted by Gasteiger charge is -2.17. The fraction of sp³-hybridized carbons (Fsp3) is 0.235. The second kappa shape index (κ2) is 9.32. The second-order valence-corrected chi connectivity index (χ2v) is 6.70. The van der Waals surface area contributed by atoms with E-state index >= 15 is 0 Å². The first-order valence-corrected chi connectivity index (χ1v) is 8.74. The zero-order valence-corrected chi connectivity index (χ0v) is 16.1. The van der Waals surface area contributed by atoms with Crippen molar-refractivity contribution >= 4 is 46.6 Å². The molecular weight excluding hydrogens is 442 g/mol. The van der Waals surface area contributed by atoms with Crippen molar-refractivity contribution in [1.29, 1.82) is 5.26 Å². The summed E-state index contributed by atoms with van der Waals surface area (Å²) < 4.78 is 43.2. The first-order valence-electron chi connectivity index (χ1n) is 7.61. The van der Waals surface area contributed by atoms with E-state index in [9.17, 15) is 18.0 Å². The molecule has 0 aliphatic heterocycles. The molecule has 0 aliphatic carbocycles. The lowest BCUT2D eigenvalue weighted by molar-refractivity contribution is -0.137. The standard InChI is InChI=1S/C17H11Cl3F3N3O2/c18-10-1-2-12(13(19)6-10)16(27)28-11(3-4-24)8-26-15-14(20)5-9(7-25-15)17(21,22)23/h1-2,5-7,11H,3,8H2,(H,25,26)/t11-/m0/s1. The van der Waals surface area contributed by atoms with Crippen LogP contribution in [0.15, 0.2) is 30.5 Å². The molecule has 1 N–H and O–H groups in total. The van der Waals surface area contributed by atoms with Gasteiger partial charge in [-0.1, -0.05) is 34.8 Å². The van der Waals surface area contributed by atoms with Gasteiger partial charge in [-0.05, 0) is 24.3 Å². The second-order valence-electron chi connectivity index (χ2n) is 5.45. The minimum Gasteiger partial charge on any atom is -0.456 e. The molecule has 0 unspecified atom stereocenters. The average molecular weight is 453 g/mol. The van der Waals surface area contributed by atoms with Crippen molar-refractivity contribution in [3.8, 4) is 6.07 Å². The van der Waals surface area contributed by atoms with Gasteiger partial charge in [-0.25, -0.2) is 9.78 Å². The summed E-state index contributed by atoms with van der Waals surface area (Å²) in [5.74, 6) is -0.826. The molecule has 1 heterocycles. The molecule has 0 saturated heterocycles. The maximum absolute atomic E-state index is 12.6. The van der Waals surface area contributed by atoms with Gasteiger partial charge in [-0.15, -0.1) is 0 Å². The van der Waals surface area contributed by atoms with Crippen molar-refractivity contribution < 1.29 is 22.7 Å². The van der Waals surface area contributed by atoms with Gasteiger partial charge in [0.05, 0.1) is 40.2 Å². The van der Waals surface area contributed by atoms with E-state index in [0.29, 0.717) is 11.2 Å². The Balaban J connectivity index is 2.07. The topological polar surface area (TPSA) is 75.0 Å². The molecule has 0 bridgehead atoms. The Kier molecular flexibility index (Phi) is 7.35. The smallest absolute Gasteiger partial charge is 0.417 e. The molecule has 28 heavy (non-hydrogen) atoms. The highest BCUT2D eigenvalue weighted by Crippen LogP contribution is 2.32. The van der Waals surface area contributed by atoms with Crippen LogP contribution in [0.5, 0.6) is 0 Å². The van der Waals surface area contributed by atoms with Gasteiger partial charge >= 0.3 is 12.1 Å². The summed E-state index contributed by atoms with van der Waals surface area (Å²) in [7, 11) is 0. The number of pyridine rings is 1. The summed E-state index contributed by atoms with van der Waals surface area (Å²) in [4.78, 5) is 15.9. The molecule has 5 nitrogen and oxygen atoms in total. The van der Waals surface area contributed by atoms with Gasteiger partial charge in [0, 0.05) is 11.2 Å². The first-order chi connectivity index (χ1) is 13.1. The Labute approximate surface area is 173 Å². The number of rotatable bonds is 6. The van der Waals surface area contributed by atoms with Crippen molar-refractivity contribution in [2.45, 2.75) is 18.7 Å². The van der Waals surface area contributed by atoms with Crippen molar-refractivity contribution in [3.63, 3.8) is 0 Å². The molecular formula is C17H11Cl3F3N3O2. The Morgan fingerprint density at radius 2 is 1.96 bits per heavy atom. The zero-order chi connectivity index (χ0) is 20.9. The van der Waals surface area contributed by atoms with Gasteiger partial charge < -0.3 is 10.1 Å². The van der Waals surface area contributed by atoms with Crippen molar-refractivity contribution in [2.24, 2.45) is 0 Å². The van der Waals surface area contributed by atoms with Crippen LogP contribution in [0.25, 0.3) is 0 Å². The number of nitriles is 1. The molecule has 0 saturated carbocycles. The van der Waals surface area contributed by atoms with Gasteiger partial charge in [0.25, 0.3) is 0 Å². The van der Waals surface area contributed by atoms with Crippen molar-refractivity contribution in [1.82, 2.24) is 4.98 Å². The third-order valence-electron chi connectivity index (χ3n) is 3.41. The molecule has 1 atom stereocenters. The normalized spacial score (nSPS) is 12.2. The van der Waals surface area contributed by atoms with E-state index in [1.807, 2.05) is 6.07 Å².